The predicted octanol–water partition coefficient (Wildman–Crippen LogP) is 3.84. The molecule has 0 aliphatic heterocycles. The zero-order valence-electron chi connectivity index (χ0n) is 9.78. The van der Waals surface area contributed by atoms with Crippen molar-refractivity contribution in [2.45, 2.75) is 32.3 Å². The summed E-state index contributed by atoms with van der Waals surface area (Å²) in [6.07, 6.45) is 4.96. The van der Waals surface area contributed by atoms with Crippen molar-refractivity contribution < 1.29 is 9.53 Å². The van der Waals surface area contributed by atoms with E-state index in [0.717, 1.165) is 29.8 Å². The molecule has 0 saturated carbocycles. The molecule has 0 bridgehead atoms. The molecule has 0 amide bonds. The molecule has 1 aromatic carbocycles. The fourth-order valence-corrected chi connectivity index (χ4v) is 2.22. The van der Waals surface area contributed by atoms with E-state index in [1.807, 2.05) is 30.3 Å². The lowest BCUT2D eigenvalue weighted by Gasteiger charge is -2.21. The Kier molecular flexibility index (Phi) is 3.85. The van der Waals surface area contributed by atoms with Gasteiger partial charge in [0, 0.05) is 11.9 Å². The van der Waals surface area contributed by atoms with Crippen LogP contribution in [0.25, 0.3) is 5.57 Å². The molecule has 1 aromatic rings. The molecule has 0 N–H and O–H groups in total. The second-order valence-electron chi connectivity index (χ2n) is 4.24. The van der Waals surface area contributed by atoms with Gasteiger partial charge in [-0.25, -0.2) is 0 Å². The van der Waals surface area contributed by atoms with Crippen molar-refractivity contribution in [3.05, 3.63) is 40.9 Å². The third-order valence-electron chi connectivity index (χ3n) is 2.85. The average Bonchev–Trinajstić information content (AvgIpc) is 2.29. The highest BCUT2D eigenvalue weighted by Crippen LogP contribution is 2.28. The van der Waals surface area contributed by atoms with Gasteiger partial charge >= 0.3 is 5.97 Å². The van der Waals surface area contributed by atoms with Crippen LogP contribution in [0.1, 0.15) is 31.7 Å². The van der Waals surface area contributed by atoms with Crippen molar-refractivity contribution in [2.75, 3.05) is 0 Å². The first-order chi connectivity index (χ1) is 8.15. The van der Waals surface area contributed by atoms with Gasteiger partial charge in [0.05, 0.1) is 0 Å². The van der Waals surface area contributed by atoms with Gasteiger partial charge in [0.25, 0.3) is 0 Å². The molecule has 0 radical (unpaired) electrons. The monoisotopic (exact) mass is 250 g/mol. The SMILES string of the molecule is CC(=O)OC1C=C(c2ccc(Cl)cc2)CCC1. The Morgan fingerprint density at radius 3 is 2.71 bits per heavy atom. The molecular formula is C14H15ClO2. The lowest BCUT2D eigenvalue weighted by atomic mass is 9.92. The first kappa shape index (κ1) is 12.2. The van der Waals surface area contributed by atoms with Gasteiger partial charge < -0.3 is 4.74 Å². The smallest absolute Gasteiger partial charge is 0.303 e. The van der Waals surface area contributed by atoms with E-state index in [2.05, 4.69) is 0 Å². The second kappa shape index (κ2) is 5.37. The maximum atomic E-state index is 10.9. The standard InChI is InChI=1S/C14H15ClO2/c1-10(16)17-14-4-2-3-12(9-14)11-5-7-13(15)8-6-11/h5-9,14H,2-4H2,1H3. The van der Waals surface area contributed by atoms with Crippen LogP contribution >= 0.6 is 11.6 Å². The third kappa shape index (κ3) is 3.34. The minimum Gasteiger partial charge on any atom is -0.458 e. The van der Waals surface area contributed by atoms with Gasteiger partial charge in [-0.3, -0.25) is 4.79 Å². The second-order valence-corrected chi connectivity index (χ2v) is 4.68. The average molecular weight is 251 g/mol. The Balaban J connectivity index is 2.17. The number of rotatable bonds is 2. The Labute approximate surface area is 106 Å². The van der Waals surface area contributed by atoms with Gasteiger partial charge in [0.2, 0.25) is 0 Å². The lowest BCUT2D eigenvalue weighted by molar-refractivity contribution is -0.144. The van der Waals surface area contributed by atoms with Crippen molar-refractivity contribution in [3.8, 4) is 0 Å². The molecule has 2 nitrogen and oxygen atoms in total. The molecule has 1 unspecified atom stereocenters. The van der Waals surface area contributed by atoms with Crippen molar-refractivity contribution in [1.82, 2.24) is 0 Å². The van der Waals surface area contributed by atoms with Gasteiger partial charge in [0.15, 0.2) is 0 Å². The van der Waals surface area contributed by atoms with Crippen LogP contribution in [0.5, 0.6) is 0 Å². The number of hydrogen-bond donors (Lipinski definition) is 0. The first-order valence-corrected chi connectivity index (χ1v) is 6.17. The summed E-state index contributed by atoms with van der Waals surface area (Å²) in [4.78, 5) is 10.9. The van der Waals surface area contributed by atoms with E-state index < -0.39 is 0 Å². The maximum Gasteiger partial charge on any atom is 0.303 e. The number of esters is 1. The molecule has 1 aliphatic rings. The predicted molar refractivity (Wildman–Crippen MR) is 68.8 cm³/mol. The van der Waals surface area contributed by atoms with Crippen molar-refractivity contribution in [1.29, 1.82) is 0 Å². The van der Waals surface area contributed by atoms with Crippen molar-refractivity contribution in [3.63, 3.8) is 0 Å². The third-order valence-corrected chi connectivity index (χ3v) is 3.11. The molecule has 3 heteroatoms. The van der Waals surface area contributed by atoms with Crippen LogP contribution in [-0.4, -0.2) is 12.1 Å². The van der Waals surface area contributed by atoms with Gasteiger partial charge in [-0.2, -0.15) is 0 Å². The van der Waals surface area contributed by atoms with E-state index in [0.29, 0.717) is 0 Å². The van der Waals surface area contributed by atoms with Gasteiger partial charge in [-0.15, -0.1) is 0 Å². The fraction of sp³-hybridized carbons (Fsp3) is 0.357. The molecule has 2 rings (SSSR count). The van der Waals surface area contributed by atoms with E-state index in [9.17, 15) is 4.79 Å². The molecule has 0 saturated heterocycles. The highest BCUT2D eigenvalue weighted by Gasteiger charge is 2.16. The molecule has 0 spiro atoms. The molecule has 1 aliphatic carbocycles. The van der Waals surface area contributed by atoms with Crippen LogP contribution in [0.2, 0.25) is 5.02 Å². The van der Waals surface area contributed by atoms with E-state index in [-0.39, 0.29) is 12.1 Å². The fourth-order valence-electron chi connectivity index (χ4n) is 2.10. The Morgan fingerprint density at radius 2 is 2.06 bits per heavy atom. The summed E-state index contributed by atoms with van der Waals surface area (Å²) in [6, 6.07) is 7.77. The molecule has 17 heavy (non-hydrogen) atoms. The lowest BCUT2D eigenvalue weighted by Crippen LogP contribution is -2.17. The highest BCUT2D eigenvalue weighted by atomic mass is 35.5. The summed E-state index contributed by atoms with van der Waals surface area (Å²) in [5.74, 6) is -0.219. The Morgan fingerprint density at radius 1 is 1.35 bits per heavy atom. The Hall–Kier alpha value is -1.28. The zero-order chi connectivity index (χ0) is 12.3. The van der Waals surface area contributed by atoms with Crippen LogP contribution < -0.4 is 0 Å². The van der Waals surface area contributed by atoms with Crippen LogP contribution in [-0.2, 0) is 9.53 Å². The summed E-state index contributed by atoms with van der Waals surface area (Å²) in [7, 11) is 0. The minimum absolute atomic E-state index is 0.0769. The molecule has 90 valence electrons. The minimum atomic E-state index is -0.219. The number of halogens is 1. The molecule has 0 aromatic heterocycles. The number of carbonyl (C=O) groups excluding carboxylic acids is 1. The zero-order valence-corrected chi connectivity index (χ0v) is 10.5. The maximum absolute atomic E-state index is 10.9. The molecular weight excluding hydrogens is 236 g/mol. The van der Waals surface area contributed by atoms with Crippen LogP contribution in [0.3, 0.4) is 0 Å². The van der Waals surface area contributed by atoms with E-state index in [1.54, 1.807) is 0 Å². The number of allylic oxidation sites excluding steroid dienone is 1. The van der Waals surface area contributed by atoms with E-state index in [4.69, 9.17) is 16.3 Å². The summed E-state index contributed by atoms with van der Waals surface area (Å²) < 4.78 is 5.23. The van der Waals surface area contributed by atoms with Gasteiger partial charge in [-0.1, -0.05) is 23.7 Å². The summed E-state index contributed by atoms with van der Waals surface area (Å²) >= 11 is 5.86. The topological polar surface area (TPSA) is 26.3 Å². The molecule has 1 atom stereocenters. The molecule has 0 fully saturated rings. The number of benzene rings is 1. The summed E-state index contributed by atoms with van der Waals surface area (Å²) in [6.45, 7) is 1.45. The van der Waals surface area contributed by atoms with Crippen LogP contribution in [0.4, 0.5) is 0 Å². The highest BCUT2D eigenvalue weighted by molar-refractivity contribution is 6.30. The normalized spacial score (nSPS) is 19.6. The van der Waals surface area contributed by atoms with Gasteiger partial charge in [-0.05, 0) is 48.6 Å². The van der Waals surface area contributed by atoms with Gasteiger partial charge in [0.1, 0.15) is 6.10 Å². The number of hydrogen-bond acceptors (Lipinski definition) is 2. The quantitative estimate of drug-likeness (QED) is 0.746. The Bertz CT molecular complexity index is 434. The molecule has 0 heterocycles. The first-order valence-electron chi connectivity index (χ1n) is 5.79. The van der Waals surface area contributed by atoms with Crippen LogP contribution in [0.15, 0.2) is 30.3 Å². The number of ether oxygens (including phenoxy) is 1. The largest absolute Gasteiger partial charge is 0.458 e. The number of carbonyl (C=O) groups is 1. The van der Waals surface area contributed by atoms with Crippen molar-refractivity contribution in [2.24, 2.45) is 0 Å². The summed E-state index contributed by atoms with van der Waals surface area (Å²) in [5.41, 5.74) is 2.39. The van der Waals surface area contributed by atoms with E-state index in [1.165, 1.54) is 12.5 Å². The van der Waals surface area contributed by atoms with Crippen molar-refractivity contribution >= 4 is 23.1 Å². The summed E-state index contributed by atoms with van der Waals surface area (Å²) in [5, 5.41) is 0.738. The van der Waals surface area contributed by atoms with E-state index >= 15 is 0 Å². The van der Waals surface area contributed by atoms with Crippen LogP contribution in [0, 0.1) is 0 Å².